The number of hydrogen-bond donors (Lipinski definition) is 1. The van der Waals surface area contributed by atoms with Crippen molar-refractivity contribution in [2.24, 2.45) is 0 Å². The van der Waals surface area contributed by atoms with Gasteiger partial charge in [-0.05, 0) is 54.8 Å². The van der Waals surface area contributed by atoms with Crippen LogP contribution in [0.15, 0.2) is 42.5 Å². The van der Waals surface area contributed by atoms with Gasteiger partial charge in [-0.3, -0.25) is 4.79 Å². The number of methoxy groups -OCH3 is 2. The number of amides is 1. The van der Waals surface area contributed by atoms with Crippen LogP contribution in [-0.2, 0) is 14.9 Å². The molecule has 26 heavy (non-hydrogen) atoms. The maximum Gasteiger partial charge on any atom is 0.235 e. The number of carbonyl (C=O) groups is 1. The third kappa shape index (κ3) is 3.64. The van der Waals surface area contributed by atoms with Gasteiger partial charge in [0.25, 0.3) is 0 Å². The topological polar surface area (TPSA) is 56.8 Å². The second kappa shape index (κ2) is 7.98. The van der Waals surface area contributed by atoms with Crippen LogP contribution in [0.1, 0.15) is 18.4 Å². The quantitative estimate of drug-likeness (QED) is 0.856. The van der Waals surface area contributed by atoms with Gasteiger partial charge >= 0.3 is 0 Å². The maximum atomic E-state index is 13.3. The smallest absolute Gasteiger partial charge is 0.235 e. The molecule has 5 nitrogen and oxygen atoms in total. The molecule has 1 heterocycles. The molecule has 1 aliphatic heterocycles. The van der Waals surface area contributed by atoms with Gasteiger partial charge in [0.1, 0.15) is 0 Å². The monoisotopic (exact) mass is 375 g/mol. The first-order chi connectivity index (χ1) is 12.6. The first kappa shape index (κ1) is 18.5. The van der Waals surface area contributed by atoms with Crippen LogP contribution < -0.4 is 14.8 Å². The van der Waals surface area contributed by atoms with Crippen LogP contribution in [0.3, 0.4) is 0 Å². The molecule has 1 amide bonds. The van der Waals surface area contributed by atoms with E-state index in [-0.39, 0.29) is 5.91 Å². The summed E-state index contributed by atoms with van der Waals surface area (Å²) in [6.45, 7) is 1.06. The minimum Gasteiger partial charge on any atom is -0.493 e. The van der Waals surface area contributed by atoms with Crippen LogP contribution in [0.5, 0.6) is 11.5 Å². The van der Waals surface area contributed by atoms with Gasteiger partial charge in [0.15, 0.2) is 11.5 Å². The highest BCUT2D eigenvalue weighted by molar-refractivity contribution is 6.30. The molecule has 2 aromatic carbocycles. The molecule has 0 atom stereocenters. The van der Waals surface area contributed by atoms with Crippen molar-refractivity contribution in [3.8, 4) is 11.5 Å². The Bertz CT molecular complexity index is 770. The van der Waals surface area contributed by atoms with Crippen molar-refractivity contribution in [1.82, 2.24) is 0 Å². The highest BCUT2D eigenvalue weighted by Crippen LogP contribution is 2.40. The second-order valence-corrected chi connectivity index (χ2v) is 6.66. The molecule has 0 radical (unpaired) electrons. The molecule has 1 fully saturated rings. The molecule has 0 saturated carbocycles. The van der Waals surface area contributed by atoms with Crippen LogP contribution in [-0.4, -0.2) is 33.3 Å². The van der Waals surface area contributed by atoms with Crippen molar-refractivity contribution in [1.29, 1.82) is 0 Å². The molecule has 6 heteroatoms. The molecule has 3 rings (SSSR count). The Labute approximate surface area is 158 Å². The zero-order valence-electron chi connectivity index (χ0n) is 14.9. The van der Waals surface area contributed by atoms with Crippen LogP contribution in [0.2, 0.25) is 5.02 Å². The van der Waals surface area contributed by atoms with E-state index < -0.39 is 5.41 Å². The predicted octanol–water partition coefficient (Wildman–Crippen LogP) is 4.04. The summed E-state index contributed by atoms with van der Waals surface area (Å²) in [7, 11) is 3.18. The summed E-state index contributed by atoms with van der Waals surface area (Å²) < 4.78 is 16.2. The summed E-state index contributed by atoms with van der Waals surface area (Å²) in [5, 5.41) is 3.65. The van der Waals surface area contributed by atoms with Gasteiger partial charge in [-0.15, -0.1) is 0 Å². The third-order valence-electron chi connectivity index (χ3n) is 4.82. The maximum absolute atomic E-state index is 13.3. The Balaban J connectivity index is 1.95. The van der Waals surface area contributed by atoms with E-state index in [2.05, 4.69) is 5.32 Å². The fourth-order valence-electron chi connectivity index (χ4n) is 3.28. The van der Waals surface area contributed by atoms with Crippen LogP contribution in [0.25, 0.3) is 0 Å². The summed E-state index contributed by atoms with van der Waals surface area (Å²) in [6, 6.07) is 12.7. The Morgan fingerprint density at radius 2 is 1.69 bits per heavy atom. The number of rotatable bonds is 5. The Kier molecular flexibility index (Phi) is 5.69. The molecule has 2 aromatic rings. The average molecular weight is 376 g/mol. The van der Waals surface area contributed by atoms with Crippen molar-refractivity contribution in [3.63, 3.8) is 0 Å². The SMILES string of the molecule is COc1ccc(C2(C(=O)Nc3ccc(Cl)cc3)CCOCC2)cc1OC. The van der Waals surface area contributed by atoms with Gasteiger partial charge in [-0.25, -0.2) is 0 Å². The largest absolute Gasteiger partial charge is 0.493 e. The van der Waals surface area contributed by atoms with Gasteiger partial charge in [0.2, 0.25) is 5.91 Å². The highest BCUT2D eigenvalue weighted by atomic mass is 35.5. The van der Waals surface area contributed by atoms with Crippen LogP contribution in [0.4, 0.5) is 5.69 Å². The molecule has 138 valence electrons. The lowest BCUT2D eigenvalue weighted by atomic mass is 9.73. The number of halogens is 1. The molecule has 0 bridgehead atoms. The lowest BCUT2D eigenvalue weighted by Gasteiger charge is -2.36. The molecular formula is C20H22ClNO4. The van der Waals surface area contributed by atoms with E-state index in [1.165, 1.54) is 0 Å². The molecule has 1 aliphatic rings. The van der Waals surface area contributed by atoms with E-state index in [1.807, 2.05) is 18.2 Å². The van der Waals surface area contributed by atoms with E-state index in [4.69, 9.17) is 25.8 Å². The first-order valence-corrected chi connectivity index (χ1v) is 8.84. The zero-order chi connectivity index (χ0) is 18.6. The lowest BCUT2D eigenvalue weighted by Crippen LogP contribution is -2.44. The van der Waals surface area contributed by atoms with Gasteiger partial charge in [0, 0.05) is 23.9 Å². The Morgan fingerprint density at radius 1 is 1.04 bits per heavy atom. The van der Waals surface area contributed by atoms with Crippen molar-refractivity contribution in [2.45, 2.75) is 18.3 Å². The van der Waals surface area contributed by atoms with Crippen molar-refractivity contribution < 1.29 is 19.0 Å². The molecule has 0 aromatic heterocycles. The van der Waals surface area contributed by atoms with E-state index in [1.54, 1.807) is 38.5 Å². The standard InChI is InChI=1S/C20H22ClNO4/c1-24-17-8-3-14(13-18(17)25-2)20(9-11-26-12-10-20)19(23)22-16-6-4-15(21)5-7-16/h3-8,13H,9-12H2,1-2H3,(H,22,23). The predicted molar refractivity (Wildman–Crippen MR) is 101 cm³/mol. The van der Waals surface area contributed by atoms with Crippen molar-refractivity contribution >= 4 is 23.2 Å². The average Bonchev–Trinajstić information content (AvgIpc) is 2.69. The zero-order valence-corrected chi connectivity index (χ0v) is 15.6. The molecule has 1 saturated heterocycles. The van der Waals surface area contributed by atoms with Crippen LogP contribution in [0, 0.1) is 0 Å². The third-order valence-corrected chi connectivity index (χ3v) is 5.07. The minimum atomic E-state index is -0.683. The normalized spacial score (nSPS) is 16.0. The fraction of sp³-hybridized carbons (Fsp3) is 0.350. The second-order valence-electron chi connectivity index (χ2n) is 6.23. The number of hydrogen-bond acceptors (Lipinski definition) is 4. The van der Waals surface area contributed by atoms with Gasteiger partial charge < -0.3 is 19.5 Å². The van der Waals surface area contributed by atoms with Gasteiger partial charge in [0.05, 0.1) is 19.6 Å². The Hall–Kier alpha value is -2.24. The minimum absolute atomic E-state index is 0.0599. The first-order valence-electron chi connectivity index (χ1n) is 8.46. The van der Waals surface area contributed by atoms with Crippen LogP contribution >= 0.6 is 11.6 Å². The summed E-state index contributed by atoms with van der Waals surface area (Å²) in [4.78, 5) is 13.3. The molecule has 0 spiro atoms. The number of ether oxygens (including phenoxy) is 3. The summed E-state index contributed by atoms with van der Waals surface area (Å²) in [5.74, 6) is 1.18. The van der Waals surface area contributed by atoms with E-state index in [0.717, 1.165) is 5.56 Å². The number of nitrogens with one attached hydrogen (secondary N) is 1. The summed E-state index contributed by atoms with van der Waals surface area (Å²) in [5.41, 5.74) is 0.924. The summed E-state index contributed by atoms with van der Waals surface area (Å²) >= 11 is 5.93. The van der Waals surface area contributed by atoms with Gasteiger partial charge in [-0.1, -0.05) is 17.7 Å². The number of anilines is 1. The molecule has 0 unspecified atom stereocenters. The highest BCUT2D eigenvalue weighted by Gasteiger charge is 2.42. The van der Waals surface area contributed by atoms with Crippen molar-refractivity contribution in [2.75, 3.05) is 32.8 Å². The summed E-state index contributed by atoms with van der Waals surface area (Å²) in [6.07, 6.45) is 1.20. The molecular weight excluding hydrogens is 354 g/mol. The van der Waals surface area contributed by atoms with E-state index in [9.17, 15) is 4.79 Å². The number of carbonyl (C=O) groups excluding carboxylic acids is 1. The fourth-order valence-corrected chi connectivity index (χ4v) is 3.41. The number of benzene rings is 2. The Morgan fingerprint density at radius 3 is 2.31 bits per heavy atom. The van der Waals surface area contributed by atoms with Crippen molar-refractivity contribution in [3.05, 3.63) is 53.1 Å². The van der Waals surface area contributed by atoms with E-state index >= 15 is 0 Å². The van der Waals surface area contributed by atoms with E-state index in [0.29, 0.717) is 48.3 Å². The molecule has 1 N–H and O–H groups in total. The van der Waals surface area contributed by atoms with Gasteiger partial charge in [-0.2, -0.15) is 0 Å². The lowest BCUT2D eigenvalue weighted by molar-refractivity contribution is -0.125. The molecule has 0 aliphatic carbocycles.